The van der Waals surface area contributed by atoms with Gasteiger partial charge < -0.3 is 5.11 Å². The highest BCUT2D eigenvalue weighted by molar-refractivity contribution is 5.29. The van der Waals surface area contributed by atoms with Crippen LogP contribution >= 0.6 is 0 Å². The molecule has 0 saturated carbocycles. The van der Waals surface area contributed by atoms with E-state index in [1.807, 2.05) is 11.8 Å². The molecule has 0 aliphatic carbocycles. The van der Waals surface area contributed by atoms with Gasteiger partial charge in [-0.05, 0) is 30.5 Å². The van der Waals surface area contributed by atoms with Crippen LogP contribution in [0.25, 0.3) is 0 Å². The van der Waals surface area contributed by atoms with Crippen molar-refractivity contribution in [3.63, 3.8) is 0 Å². The van der Waals surface area contributed by atoms with Crippen LogP contribution < -0.4 is 0 Å². The number of rotatable bonds is 5. The highest BCUT2D eigenvalue weighted by Gasteiger charge is 2.35. The van der Waals surface area contributed by atoms with Crippen molar-refractivity contribution in [2.75, 3.05) is 6.54 Å². The summed E-state index contributed by atoms with van der Waals surface area (Å²) in [5, 5.41) is 14.2. The number of aliphatic hydroxyl groups excluding tert-OH is 1. The third-order valence-corrected chi connectivity index (χ3v) is 4.46. The zero-order valence-corrected chi connectivity index (χ0v) is 13.9. The Labute approximate surface area is 144 Å². The predicted octanol–water partition coefficient (Wildman–Crippen LogP) is 3.01. The van der Waals surface area contributed by atoms with Crippen molar-refractivity contribution in [2.45, 2.75) is 51.2 Å². The van der Waals surface area contributed by atoms with Crippen LogP contribution in [0.15, 0.2) is 30.6 Å². The lowest BCUT2D eigenvalue weighted by atomic mass is 10.0. The van der Waals surface area contributed by atoms with E-state index < -0.39 is 17.8 Å². The Balaban J connectivity index is 1.84. The molecule has 136 valence electrons. The molecule has 1 saturated heterocycles. The van der Waals surface area contributed by atoms with Crippen molar-refractivity contribution in [1.82, 2.24) is 19.7 Å². The van der Waals surface area contributed by atoms with Gasteiger partial charge in [0, 0.05) is 19.1 Å². The maximum atomic E-state index is 13.0. The van der Waals surface area contributed by atoms with Gasteiger partial charge in [0.1, 0.15) is 12.2 Å². The van der Waals surface area contributed by atoms with Gasteiger partial charge in [-0.3, -0.25) is 4.90 Å². The molecule has 8 heteroatoms. The quantitative estimate of drug-likeness (QED) is 0.897. The minimum absolute atomic E-state index is 0.274. The Morgan fingerprint density at radius 1 is 1.32 bits per heavy atom. The molecule has 3 rings (SSSR count). The number of likely N-dealkylation sites (tertiary alicyclic amines) is 1. The molecule has 0 unspecified atom stereocenters. The second-order valence-electron chi connectivity index (χ2n) is 6.36. The fourth-order valence-electron chi connectivity index (χ4n) is 3.31. The van der Waals surface area contributed by atoms with Crippen LogP contribution in [0.4, 0.5) is 13.2 Å². The molecule has 0 amide bonds. The van der Waals surface area contributed by atoms with Crippen LogP contribution in [0.3, 0.4) is 0 Å². The van der Waals surface area contributed by atoms with Crippen molar-refractivity contribution in [1.29, 1.82) is 0 Å². The summed E-state index contributed by atoms with van der Waals surface area (Å²) >= 11 is 0. The number of alkyl halides is 3. The SMILES string of the molecule is CCCn1ncnc1CN1C[C@@H](O)C[C@H]1c1cccc(C(F)(F)F)c1. The summed E-state index contributed by atoms with van der Waals surface area (Å²) in [5.74, 6) is 0.757. The first kappa shape index (κ1) is 17.9. The van der Waals surface area contributed by atoms with Crippen molar-refractivity contribution in [3.8, 4) is 0 Å². The molecule has 2 aromatic rings. The van der Waals surface area contributed by atoms with Gasteiger partial charge >= 0.3 is 6.18 Å². The number of hydrogen-bond acceptors (Lipinski definition) is 4. The first-order valence-electron chi connectivity index (χ1n) is 8.34. The summed E-state index contributed by atoms with van der Waals surface area (Å²) in [6.07, 6.45) is -2.14. The molecular weight excluding hydrogens is 333 g/mol. The lowest BCUT2D eigenvalue weighted by Gasteiger charge is -2.24. The van der Waals surface area contributed by atoms with Crippen molar-refractivity contribution >= 4 is 0 Å². The summed E-state index contributed by atoms with van der Waals surface area (Å²) in [6.45, 7) is 3.62. The van der Waals surface area contributed by atoms with E-state index in [-0.39, 0.29) is 6.04 Å². The first-order valence-corrected chi connectivity index (χ1v) is 8.34. The molecule has 0 bridgehead atoms. The normalized spacial score (nSPS) is 21.8. The molecule has 25 heavy (non-hydrogen) atoms. The van der Waals surface area contributed by atoms with Gasteiger partial charge in [-0.15, -0.1) is 0 Å². The zero-order chi connectivity index (χ0) is 18.0. The van der Waals surface area contributed by atoms with Crippen LogP contribution in [0.2, 0.25) is 0 Å². The smallest absolute Gasteiger partial charge is 0.392 e. The molecule has 5 nitrogen and oxygen atoms in total. The van der Waals surface area contributed by atoms with E-state index in [1.165, 1.54) is 18.5 Å². The Morgan fingerprint density at radius 3 is 2.84 bits per heavy atom. The Kier molecular flexibility index (Phi) is 5.10. The van der Waals surface area contributed by atoms with Gasteiger partial charge in [0.2, 0.25) is 0 Å². The first-order chi connectivity index (χ1) is 11.9. The second-order valence-corrected chi connectivity index (χ2v) is 6.36. The third-order valence-electron chi connectivity index (χ3n) is 4.46. The number of halogens is 3. The number of aryl methyl sites for hydroxylation is 1. The molecule has 1 N–H and O–H groups in total. The maximum absolute atomic E-state index is 13.0. The van der Waals surface area contributed by atoms with Crippen LogP contribution in [-0.2, 0) is 19.3 Å². The van der Waals surface area contributed by atoms with E-state index in [0.29, 0.717) is 25.1 Å². The van der Waals surface area contributed by atoms with E-state index in [9.17, 15) is 18.3 Å². The fourth-order valence-corrected chi connectivity index (χ4v) is 3.31. The van der Waals surface area contributed by atoms with Crippen LogP contribution in [0.5, 0.6) is 0 Å². The minimum Gasteiger partial charge on any atom is -0.392 e. The zero-order valence-electron chi connectivity index (χ0n) is 13.9. The Hall–Kier alpha value is -1.93. The molecule has 1 aromatic carbocycles. The van der Waals surface area contributed by atoms with E-state index in [1.54, 1.807) is 10.7 Å². The van der Waals surface area contributed by atoms with Crippen LogP contribution in [0, 0.1) is 0 Å². The maximum Gasteiger partial charge on any atom is 0.416 e. The van der Waals surface area contributed by atoms with E-state index in [2.05, 4.69) is 10.1 Å². The highest BCUT2D eigenvalue weighted by Crippen LogP contribution is 2.36. The molecule has 2 heterocycles. The van der Waals surface area contributed by atoms with Crippen molar-refractivity contribution in [3.05, 3.63) is 47.5 Å². The van der Waals surface area contributed by atoms with Gasteiger partial charge in [0.25, 0.3) is 0 Å². The van der Waals surface area contributed by atoms with E-state index in [4.69, 9.17) is 0 Å². The van der Waals surface area contributed by atoms with Gasteiger partial charge in [0.05, 0.1) is 18.2 Å². The number of aromatic nitrogens is 3. The number of β-amino-alcohol motifs (C(OH)–C–C–N with tert-alkyl or cyclic N) is 1. The molecule has 1 aliphatic rings. The Morgan fingerprint density at radius 2 is 2.12 bits per heavy atom. The molecular formula is C17H21F3N4O. The van der Waals surface area contributed by atoms with Gasteiger partial charge in [-0.1, -0.05) is 19.1 Å². The predicted molar refractivity (Wildman–Crippen MR) is 85.5 cm³/mol. The number of nitrogens with zero attached hydrogens (tertiary/aromatic N) is 4. The number of benzene rings is 1. The summed E-state index contributed by atoms with van der Waals surface area (Å²) in [4.78, 5) is 6.23. The van der Waals surface area contributed by atoms with Crippen molar-refractivity contribution in [2.24, 2.45) is 0 Å². The number of hydrogen-bond donors (Lipinski definition) is 1. The minimum atomic E-state index is -4.38. The fraction of sp³-hybridized carbons (Fsp3) is 0.529. The topological polar surface area (TPSA) is 54.2 Å². The molecule has 0 radical (unpaired) electrons. The van der Waals surface area contributed by atoms with E-state index in [0.717, 1.165) is 24.9 Å². The number of aliphatic hydroxyl groups is 1. The standard InChI is InChI=1S/C17H21F3N4O/c1-2-6-24-16(21-11-22-24)10-23-9-14(25)8-15(23)12-4-3-5-13(7-12)17(18,19)20/h3-5,7,11,14-15,25H,2,6,8-10H2,1H3/t14-,15-/m0/s1. The van der Waals surface area contributed by atoms with Crippen molar-refractivity contribution < 1.29 is 18.3 Å². The Bertz CT molecular complexity index is 716. The average Bonchev–Trinajstić information content (AvgIpc) is 3.14. The second kappa shape index (κ2) is 7.13. The van der Waals surface area contributed by atoms with E-state index >= 15 is 0 Å². The van der Waals surface area contributed by atoms with Gasteiger partial charge in [-0.2, -0.15) is 18.3 Å². The van der Waals surface area contributed by atoms with Crippen LogP contribution in [-0.4, -0.2) is 37.4 Å². The molecule has 1 aromatic heterocycles. The summed E-state index contributed by atoms with van der Waals surface area (Å²) < 4.78 is 40.8. The highest BCUT2D eigenvalue weighted by atomic mass is 19.4. The van der Waals surface area contributed by atoms with Gasteiger partial charge in [0.15, 0.2) is 0 Å². The summed E-state index contributed by atoms with van der Waals surface area (Å²) in [5.41, 5.74) is -0.103. The largest absolute Gasteiger partial charge is 0.416 e. The van der Waals surface area contributed by atoms with Crippen LogP contribution in [0.1, 0.15) is 42.8 Å². The molecule has 0 spiro atoms. The van der Waals surface area contributed by atoms with Gasteiger partial charge in [-0.25, -0.2) is 9.67 Å². The average molecular weight is 354 g/mol. The summed E-state index contributed by atoms with van der Waals surface area (Å²) in [7, 11) is 0. The molecule has 1 aliphatic heterocycles. The lowest BCUT2D eigenvalue weighted by Crippen LogP contribution is -2.26. The summed E-state index contributed by atoms with van der Waals surface area (Å²) in [6, 6.07) is 5.07. The molecule has 2 atom stereocenters. The molecule has 1 fully saturated rings. The lowest BCUT2D eigenvalue weighted by molar-refractivity contribution is -0.137. The third kappa shape index (κ3) is 4.01. The monoisotopic (exact) mass is 354 g/mol.